The zero-order valence-electron chi connectivity index (χ0n) is 12.5. The molecule has 0 atom stereocenters. The Balaban J connectivity index is 2.55. The number of rotatable bonds is 7. The first-order valence-corrected chi connectivity index (χ1v) is 7.23. The van der Waals surface area contributed by atoms with Crippen molar-refractivity contribution in [2.75, 3.05) is 10.6 Å². The average Bonchev–Trinajstić information content (AvgIpc) is 2.39. The summed E-state index contributed by atoms with van der Waals surface area (Å²) in [5.41, 5.74) is 1.42. The van der Waals surface area contributed by atoms with E-state index in [-0.39, 0.29) is 17.7 Å². The molecule has 0 saturated heterocycles. The predicted octanol–water partition coefficient (Wildman–Crippen LogP) is 3.80. The molecule has 0 unspecified atom stereocenters. The molecule has 0 aliphatic heterocycles. The molecule has 0 spiro atoms. The molecule has 4 nitrogen and oxygen atoms in total. The number of carbonyl (C=O) groups excluding carboxylic acids is 2. The summed E-state index contributed by atoms with van der Waals surface area (Å²) in [7, 11) is 0. The van der Waals surface area contributed by atoms with Crippen LogP contribution in [0.15, 0.2) is 24.3 Å². The van der Waals surface area contributed by atoms with E-state index in [1.807, 2.05) is 32.0 Å². The summed E-state index contributed by atoms with van der Waals surface area (Å²) in [6.07, 6.45) is 3.62. The van der Waals surface area contributed by atoms with Crippen molar-refractivity contribution in [2.24, 2.45) is 5.92 Å². The number of unbranched alkanes of at least 4 members (excludes halogenated alkanes) is 2. The molecule has 1 aromatic carbocycles. The van der Waals surface area contributed by atoms with E-state index < -0.39 is 0 Å². The Kier molecular flexibility index (Phi) is 6.77. The largest absolute Gasteiger partial charge is 0.326 e. The second-order valence-corrected chi connectivity index (χ2v) is 5.23. The van der Waals surface area contributed by atoms with Crippen LogP contribution in [0.1, 0.15) is 46.5 Å². The summed E-state index contributed by atoms with van der Waals surface area (Å²) >= 11 is 0. The van der Waals surface area contributed by atoms with Crippen LogP contribution in [0.4, 0.5) is 11.4 Å². The second kappa shape index (κ2) is 8.35. The third-order valence-electron chi connectivity index (χ3n) is 2.95. The molecule has 20 heavy (non-hydrogen) atoms. The number of anilines is 2. The van der Waals surface area contributed by atoms with Gasteiger partial charge in [-0.1, -0.05) is 39.7 Å². The zero-order chi connectivity index (χ0) is 15.0. The third-order valence-corrected chi connectivity index (χ3v) is 2.95. The van der Waals surface area contributed by atoms with Crippen LogP contribution in [-0.2, 0) is 9.59 Å². The van der Waals surface area contributed by atoms with E-state index in [1.54, 1.807) is 6.07 Å². The Morgan fingerprint density at radius 1 is 1.10 bits per heavy atom. The number of hydrogen-bond donors (Lipinski definition) is 2. The topological polar surface area (TPSA) is 58.2 Å². The lowest BCUT2D eigenvalue weighted by Gasteiger charge is -2.10. The summed E-state index contributed by atoms with van der Waals surface area (Å²) in [6, 6.07) is 7.23. The van der Waals surface area contributed by atoms with Crippen LogP contribution in [0.5, 0.6) is 0 Å². The van der Waals surface area contributed by atoms with Gasteiger partial charge in [-0.3, -0.25) is 9.59 Å². The lowest BCUT2D eigenvalue weighted by Crippen LogP contribution is -2.18. The first-order chi connectivity index (χ1) is 9.52. The van der Waals surface area contributed by atoms with Gasteiger partial charge in [0, 0.05) is 23.7 Å². The number of carbonyl (C=O) groups is 2. The smallest absolute Gasteiger partial charge is 0.226 e. The van der Waals surface area contributed by atoms with Crippen LogP contribution in [0.3, 0.4) is 0 Å². The summed E-state index contributed by atoms with van der Waals surface area (Å²) in [5, 5.41) is 5.67. The van der Waals surface area contributed by atoms with Gasteiger partial charge in [0.2, 0.25) is 11.8 Å². The van der Waals surface area contributed by atoms with Crippen LogP contribution in [0.25, 0.3) is 0 Å². The molecule has 0 aliphatic carbocycles. The van der Waals surface area contributed by atoms with E-state index in [4.69, 9.17) is 0 Å². The molecular weight excluding hydrogens is 252 g/mol. The monoisotopic (exact) mass is 276 g/mol. The van der Waals surface area contributed by atoms with E-state index in [0.717, 1.165) is 19.3 Å². The van der Waals surface area contributed by atoms with Gasteiger partial charge in [0.25, 0.3) is 0 Å². The standard InChI is InChI=1S/C16H24N2O2/c1-4-5-6-10-15(19)17-13-8-7-9-14(11-13)18-16(20)12(2)3/h7-9,11-12H,4-6,10H2,1-3H3,(H,17,19)(H,18,20). The second-order valence-electron chi connectivity index (χ2n) is 5.23. The van der Waals surface area contributed by atoms with Crippen molar-refractivity contribution >= 4 is 23.2 Å². The van der Waals surface area contributed by atoms with E-state index in [9.17, 15) is 9.59 Å². The normalized spacial score (nSPS) is 10.4. The molecule has 2 N–H and O–H groups in total. The Bertz CT molecular complexity index is 456. The highest BCUT2D eigenvalue weighted by atomic mass is 16.2. The Morgan fingerprint density at radius 2 is 1.75 bits per heavy atom. The molecule has 0 fully saturated rings. The molecule has 110 valence electrons. The van der Waals surface area contributed by atoms with Gasteiger partial charge >= 0.3 is 0 Å². The van der Waals surface area contributed by atoms with Crippen LogP contribution in [-0.4, -0.2) is 11.8 Å². The quantitative estimate of drug-likeness (QED) is 0.744. The lowest BCUT2D eigenvalue weighted by atomic mass is 10.2. The minimum absolute atomic E-state index is 0.0192. The molecule has 0 radical (unpaired) electrons. The molecule has 2 amide bonds. The lowest BCUT2D eigenvalue weighted by molar-refractivity contribution is -0.119. The third kappa shape index (κ3) is 5.87. The van der Waals surface area contributed by atoms with Crippen LogP contribution >= 0.6 is 0 Å². The molecule has 0 bridgehead atoms. The number of amides is 2. The minimum atomic E-state index is -0.0673. The summed E-state index contributed by atoms with van der Waals surface area (Å²) < 4.78 is 0. The van der Waals surface area contributed by atoms with E-state index in [1.165, 1.54) is 0 Å². The molecule has 1 aromatic rings. The van der Waals surface area contributed by atoms with Crippen molar-refractivity contribution in [3.05, 3.63) is 24.3 Å². The highest BCUT2D eigenvalue weighted by molar-refractivity contribution is 5.94. The summed E-state index contributed by atoms with van der Waals surface area (Å²) in [4.78, 5) is 23.4. The van der Waals surface area contributed by atoms with Crippen LogP contribution in [0.2, 0.25) is 0 Å². The van der Waals surface area contributed by atoms with Crippen molar-refractivity contribution in [1.29, 1.82) is 0 Å². The number of hydrogen-bond acceptors (Lipinski definition) is 2. The SMILES string of the molecule is CCCCCC(=O)Nc1cccc(NC(=O)C(C)C)c1. The minimum Gasteiger partial charge on any atom is -0.326 e. The fourth-order valence-electron chi connectivity index (χ4n) is 1.72. The molecular formula is C16H24N2O2. The number of nitrogens with one attached hydrogen (secondary N) is 2. The Hall–Kier alpha value is -1.84. The molecule has 0 heterocycles. The molecule has 1 rings (SSSR count). The highest BCUT2D eigenvalue weighted by Crippen LogP contribution is 2.16. The van der Waals surface area contributed by atoms with E-state index in [2.05, 4.69) is 17.6 Å². The molecule has 0 saturated carbocycles. The summed E-state index contributed by atoms with van der Waals surface area (Å²) in [6.45, 7) is 5.79. The predicted molar refractivity (Wildman–Crippen MR) is 82.7 cm³/mol. The Morgan fingerprint density at radius 3 is 2.35 bits per heavy atom. The Labute approximate surface area is 121 Å². The average molecular weight is 276 g/mol. The summed E-state index contributed by atoms with van der Waals surface area (Å²) in [5.74, 6) is -0.0792. The van der Waals surface area contributed by atoms with Gasteiger partial charge < -0.3 is 10.6 Å². The van der Waals surface area contributed by atoms with E-state index in [0.29, 0.717) is 17.8 Å². The van der Waals surface area contributed by atoms with Crippen LogP contribution in [0, 0.1) is 5.92 Å². The molecule has 0 aliphatic rings. The van der Waals surface area contributed by atoms with Gasteiger partial charge in [0.15, 0.2) is 0 Å². The van der Waals surface area contributed by atoms with E-state index >= 15 is 0 Å². The fourth-order valence-corrected chi connectivity index (χ4v) is 1.72. The molecule has 4 heteroatoms. The zero-order valence-corrected chi connectivity index (χ0v) is 12.5. The maximum Gasteiger partial charge on any atom is 0.226 e. The van der Waals surface area contributed by atoms with Crippen molar-refractivity contribution in [1.82, 2.24) is 0 Å². The van der Waals surface area contributed by atoms with Crippen molar-refractivity contribution < 1.29 is 9.59 Å². The van der Waals surface area contributed by atoms with Gasteiger partial charge in [-0.25, -0.2) is 0 Å². The first-order valence-electron chi connectivity index (χ1n) is 7.23. The maximum atomic E-state index is 11.7. The highest BCUT2D eigenvalue weighted by Gasteiger charge is 2.08. The van der Waals surface area contributed by atoms with Gasteiger partial charge in [0.1, 0.15) is 0 Å². The van der Waals surface area contributed by atoms with Gasteiger partial charge in [-0.15, -0.1) is 0 Å². The van der Waals surface area contributed by atoms with Gasteiger partial charge in [0.05, 0.1) is 0 Å². The molecule has 0 aromatic heterocycles. The number of benzene rings is 1. The van der Waals surface area contributed by atoms with Gasteiger partial charge in [-0.2, -0.15) is 0 Å². The van der Waals surface area contributed by atoms with Crippen LogP contribution < -0.4 is 10.6 Å². The van der Waals surface area contributed by atoms with Gasteiger partial charge in [-0.05, 0) is 24.6 Å². The first kappa shape index (κ1) is 16.2. The van der Waals surface area contributed by atoms with Crippen molar-refractivity contribution in [2.45, 2.75) is 46.5 Å². The maximum absolute atomic E-state index is 11.7. The van der Waals surface area contributed by atoms with Crippen molar-refractivity contribution in [3.8, 4) is 0 Å². The van der Waals surface area contributed by atoms with Crippen molar-refractivity contribution in [3.63, 3.8) is 0 Å². The fraction of sp³-hybridized carbons (Fsp3) is 0.500.